The molecule has 0 atom stereocenters. The SMILES string of the molecule is CC(C)N1CCN(/C=N/O)CC1. The van der Waals surface area contributed by atoms with Crippen molar-refractivity contribution >= 4 is 6.34 Å². The van der Waals surface area contributed by atoms with Gasteiger partial charge in [-0.3, -0.25) is 4.90 Å². The molecular formula is C8H17N3O. The minimum Gasteiger partial charge on any atom is -0.410 e. The Morgan fingerprint density at radius 1 is 1.25 bits per heavy atom. The van der Waals surface area contributed by atoms with E-state index < -0.39 is 0 Å². The first kappa shape index (κ1) is 9.32. The number of nitrogens with zero attached hydrogens (tertiary/aromatic N) is 3. The second-order valence-electron chi connectivity index (χ2n) is 3.40. The van der Waals surface area contributed by atoms with Gasteiger partial charge >= 0.3 is 0 Å². The fourth-order valence-electron chi connectivity index (χ4n) is 1.44. The Morgan fingerprint density at radius 3 is 2.25 bits per heavy atom. The first-order valence-electron chi connectivity index (χ1n) is 4.39. The van der Waals surface area contributed by atoms with Crippen LogP contribution >= 0.6 is 0 Å². The first-order valence-corrected chi connectivity index (χ1v) is 4.39. The normalized spacial score (nSPS) is 21.1. The molecule has 1 fully saturated rings. The molecule has 1 saturated heterocycles. The lowest BCUT2D eigenvalue weighted by Crippen LogP contribution is -2.48. The molecule has 1 rings (SSSR count). The van der Waals surface area contributed by atoms with Crippen molar-refractivity contribution in [2.75, 3.05) is 26.2 Å². The largest absolute Gasteiger partial charge is 0.410 e. The molecule has 4 nitrogen and oxygen atoms in total. The molecule has 0 aromatic rings. The Kier molecular flexibility index (Phi) is 3.34. The number of hydrogen-bond donors (Lipinski definition) is 1. The first-order chi connectivity index (χ1) is 5.74. The van der Waals surface area contributed by atoms with Crippen molar-refractivity contribution in [1.29, 1.82) is 0 Å². The molecule has 12 heavy (non-hydrogen) atoms. The molecule has 0 unspecified atom stereocenters. The molecule has 1 N–H and O–H groups in total. The van der Waals surface area contributed by atoms with Crippen molar-refractivity contribution in [2.24, 2.45) is 5.16 Å². The van der Waals surface area contributed by atoms with Gasteiger partial charge in [-0.15, -0.1) is 0 Å². The van der Waals surface area contributed by atoms with E-state index in [0.29, 0.717) is 6.04 Å². The number of oxime groups is 1. The summed E-state index contributed by atoms with van der Waals surface area (Å²) in [5.41, 5.74) is 0. The standard InChI is InChI=1S/C8H17N3O/c1-8(2)11-5-3-10(4-6-11)7-9-12/h7-8,12H,3-6H2,1-2H3/b9-7+. The highest BCUT2D eigenvalue weighted by molar-refractivity contribution is 5.53. The number of piperazine rings is 1. The summed E-state index contributed by atoms with van der Waals surface area (Å²) in [4.78, 5) is 4.45. The summed E-state index contributed by atoms with van der Waals surface area (Å²) in [5.74, 6) is 0. The van der Waals surface area contributed by atoms with Crippen LogP contribution in [0, 0.1) is 0 Å². The van der Waals surface area contributed by atoms with Gasteiger partial charge in [0.05, 0.1) is 0 Å². The van der Waals surface area contributed by atoms with E-state index in [4.69, 9.17) is 5.21 Å². The Hall–Kier alpha value is -0.770. The van der Waals surface area contributed by atoms with E-state index in [-0.39, 0.29) is 0 Å². The van der Waals surface area contributed by atoms with Gasteiger partial charge in [-0.05, 0) is 13.8 Å². The molecule has 0 bridgehead atoms. The predicted octanol–water partition coefficient (Wildman–Crippen LogP) is 0.430. The molecular weight excluding hydrogens is 154 g/mol. The van der Waals surface area contributed by atoms with Gasteiger partial charge in [-0.2, -0.15) is 0 Å². The molecule has 0 amide bonds. The summed E-state index contributed by atoms with van der Waals surface area (Å²) in [5, 5.41) is 11.3. The van der Waals surface area contributed by atoms with E-state index in [1.807, 2.05) is 4.90 Å². The van der Waals surface area contributed by atoms with E-state index in [2.05, 4.69) is 23.9 Å². The van der Waals surface area contributed by atoms with Gasteiger partial charge in [-0.1, -0.05) is 5.16 Å². The summed E-state index contributed by atoms with van der Waals surface area (Å²) in [7, 11) is 0. The van der Waals surface area contributed by atoms with E-state index >= 15 is 0 Å². The van der Waals surface area contributed by atoms with E-state index in [1.54, 1.807) is 0 Å². The minimum absolute atomic E-state index is 0.623. The maximum absolute atomic E-state index is 8.31. The van der Waals surface area contributed by atoms with Gasteiger partial charge < -0.3 is 10.1 Å². The molecule has 0 spiro atoms. The number of rotatable bonds is 2. The third-order valence-corrected chi connectivity index (χ3v) is 2.29. The summed E-state index contributed by atoms with van der Waals surface area (Å²) in [6.07, 6.45) is 1.50. The molecule has 4 heteroatoms. The van der Waals surface area contributed by atoms with Crippen LogP contribution in [0.4, 0.5) is 0 Å². The van der Waals surface area contributed by atoms with Crippen LogP contribution in [0.1, 0.15) is 13.8 Å². The van der Waals surface area contributed by atoms with E-state index in [0.717, 1.165) is 26.2 Å². The molecule has 0 radical (unpaired) electrons. The predicted molar refractivity (Wildman–Crippen MR) is 48.6 cm³/mol. The Morgan fingerprint density at radius 2 is 1.83 bits per heavy atom. The highest BCUT2D eigenvalue weighted by atomic mass is 16.4. The molecule has 1 aliphatic rings. The Bertz CT molecular complexity index is 150. The molecule has 1 aliphatic heterocycles. The molecule has 0 aliphatic carbocycles. The van der Waals surface area contributed by atoms with Crippen LogP contribution in [0.25, 0.3) is 0 Å². The van der Waals surface area contributed by atoms with Gasteiger partial charge in [0.1, 0.15) is 6.34 Å². The maximum Gasteiger partial charge on any atom is 0.130 e. The van der Waals surface area contributed by atoms with Gasteiger partial charge in [0.2, 0.25) is 0 Å². The molecule has 70 valence electrons. The quantitative estimate of drug-likeness (QED) is 0.283. The van der Waals surface area contributed by atoms with Crippen LogP contribution in [-0.4, -0.2) is 53.6 Å². The van der Waals surface area contributed by atoms with Gasteiger partial charge in [0, 0.05) is 32.2 Å². The fraction of sp³-hybridized carbons (Fsp3) is 0.875. The monoisotopic (exact) mass is 171 g/mol. The van der Waals surface area contributed by atoms with Crippen LogP contribution in [0.2, 0.25) is 0 Å². The second kappa shape index (κ2) is 4.30. The van der Waals surface area contributed by atoms with Gasteiger partial charge in [0.25, 0.3) is 0 Å². The van der Waals surface area contributed by atoms with Crippen molar-refractivity contribution in [3.05, 3.63) is 0 Å². The lowest BCUT2D eigenvalue weighted by Gasteiger charge is -2.35. The summed E-state index contributed by atoms with van der Waals surface area (Å²) < 4.78 is 0. The third kappa shape index (κ3) is 2.37. The zero-order valence-corrected chi connectivity index (χ0v) is 7.77. The third-order valence-electron chi connectivity index (χ3n) is 2.29. The highest BCUT2D eigenvalue weighted by Gasteiger charge is 2.16. The average Bonchev–Trinajstić information content (AvgIpc) is 2.06. The zero-order chi connectivity index (χ0) is 8.97. The molecule has 0 aromatic carbocycles. The summed E-state index contributed by atoms with van der Waals surface area (Å²) in [6, 6.07) is 0.623. The minimum atomic E-state index is 0.623. The number of hydrogen-bond acceptors (Lipinski definition) is 3. The van der Waals surface area contributed by atoms with Crippen molar-refractivity contribution in [3.63, 3.8) is 0 Å². The van der Waals surface area contributed by atoms with Crippen molar-refractivity contribution in [3.8, 4) is 0 Å². The van der Waals surface area contributed by atoms with Gasteiger partial charge in [0.15, 0.2) is 0 Å². The fourth-order valence-corrected chi connectivity index (χ4v) is 1.44. The Labute approximate surface area is 73.5 Å². The van der Waals surface area contributed by atoms with Gasteiger partial charge in [-0.25, -0.2) is 0 Å². The molecule has 1 heterocycles. The summed E-state index contributed by atoms with van der Waals surface area (Å²) in [6.45, 7) is 8.45. The van der Waals surface area contributed by atoms with E-state index in [9.17, 15) is 0 Å². The Balaban J connectivity index is 2.29. The lowest BCUT2D eigenvalue weighted by atomic mass is 10.2. The van der Waals surface area contributed by atoms with Crippen LogP contribution in [0.15, 0.2) is 5.16 Å². The lowest BCUT2D eigenvalue weighted by molar-refractivity contribution is 0.149. The highest BCUT2D eigenvalue weighted by Crippen LogP contribution is 2.03. The van der Waals surface area contributed by atoms with E-state index in [1.165, 1.54) is 6.34 Å². The molecule has 0 saturated carbocycles. The van der Waals surface area contributed by atoms with Crippen LogP contribution in [0.3, 0.4) is 0 Å². The smallest absolute Gasteiger partial charge is 0.130 e. The average molecular weight is 171 g/mol. The van der Waals surface area contributed by atoms with Crippen molar-refractivity contribution in [2.45, 2.75) is 19.9 Å². The van der Waals surface area contributed by atoms with Crippen LogP contribution in [-0.2, 0) is 0 Å². The van der Waals surface area contributed by atoms with Crippen molar-refractivity contribution in [1.82, 2.24) is 9.80 Å². The van der Waals surface area contributed by atoms with Crippen LogP contribution < -0.4 is 0 Å². The topological polar surface area (TPSA) is 39.1 Å². The van der Waals surface area contributed by atoms with Crippen molar-refractivity contribution < 1.29 is 5.21 Å². The summed E-state index contributed by atoms with van der Waals surface area (Å²) >= 11 is 0. The second-order valence-corrected chi connectivity index (χ2v) is 3.40. The zero-order valence-electron chi connectivity index (χ0n) is 7.77. The molecule has 0 aromatic heterocycles. The van der Waals surface area contributed by atoms with Crippen LogP contribution in [0.5, 0.6) is 0 Å². The maximum atomic E-state index is 8.31.